The zero-order valence-corrected chi connectivity index (χ0v) is 80.6. The Morgan fingerprint density at radius 3 is 0.959 bits per heavy atom. The van der Waals surface area contributed by atoms with E-state index < -0.39 is 0 Å². The van der Waals surface area contributed by atoms with Crippen molar-refractivity contribution in [3.8, 4) is 169 Å². The standard InChI is InChI=1S/C52H34N4.C44H32N2.C41H30N2/c1-3-15-35(16-4-1)36-27-29-37(30-28-36)46-34-47(54-52(53-46)38-17-5-2-6-18-38)39-31-40(55-48-23-11-7-19-42(48)43-20-8-12-24-49(43)55)33-41(32-39)56-50-25-13-9-21-44(50)45-22-10-14-26-51(45)56;1-29-21-22-37(30(2)23-29)34-24-35(41-27-33-17-9-10-18-38(33)39-19-11-12-20-40(39)41)26-36(25-34)43-28-42(31-13-5-3-6-14-31)45-44(46-43)32-15-7-4-8-16-32;1-41(2)34-20-12-11-19-33(34)39-35(41)25-31-17-9-10-18-32(31)38(39)29-21-23-30(24-22-29)40-42-36(27-13-5-3-6-14-27)26-37(43-40)28-15-7-4-8-16-28/h1-34H;3-28H,1-2H3;3-26H,1-2H3. The summed E-state index contributed by atoms with van der Waals surface area (Å²) in [6, 6.07) is 181. The Labute approximate surface area is 842 Å². The van der Waals surface area contributed by atoms with Crippen LogP contribution in [0.4, 0.5) is 0 Å². The van der Waals surface area contributed by atoms with E-state index in [0.29, 0.717) is 11.6 Å². The lowest BCUT2D eigenvalue weighted by Crippen LogP contribution is -2.14. The van der Waals surface area contributed by atoms with Gasteiger partial charge in [-0.1, -0.05) is 438 Å². The first-order chi connectivity index (χ1) is 71.4. The van der Waals surface area contributed by atoms with Gasteiger partial charge in [0.1, 0.15) is 0 Å². The molecule has 0 spiro atoms. The minimum Gasteiger partial charge on any atom is -0.309 e. The second kappa shape index (κ2) is 37.4. The van der Waals surface area contributed by atoms with E-state index in [1.54, 1.807) is 0 Å². The van der Waals surface area contributed by atoms with Crippen molar-refractivity contribution in [2.75, 3.05) is 0 Å². The van der Waals surface area contributed by atoms with E-state index in [1.165, 1.54) is 126 Å². The molecule has 0 aliphatic heterocycles. The maximum absolute atomic E-state index is 5.33. The number of hydrogen-bond acceptors (Lipinski definition) is 6. The van der Waals surface area contributed by atoms with Gasteiger partial charge in [0.15, 0.2) is 17.5 Å². The molecular formula is C137H96N8. The van der Waals surface area contributed by atoms with Gasteiger partial charge in [0, 0.05) is 88.4 Å². The Kier molecular flexibility index (Phi) is 22.6. The molecule has 5 aromatic heterocycles. The zero-order valence-electron chi connectivity index (χ0n) is 80.6. The average molecular weight is 1850 g/mol. The molecule has 0 saturated heterocycles. The van der Waals surface area contributed by atoms with Crippen molar-refractivity contribution >= 4 is 75.9 Å². The molecule has 684 valence electrons. The quantitative estimate of drug-likeness (QED) is 0.0951. The van der Waals surface area contributed by atoms with Gasteiger partial charge in [0.2, 0.25) is 0 Å². The van der Waals surface area contributed by atoms with E-state index in [-0.39, 0.29) is 5.41 Å². The molecule has 0 atom stereocenters. The van der Waals surface area contributed by atoms with Gasteiger partial charge in [0.05, 0.1) is 56.2 Å². The fraction of sp³-hybridized carbons (Fsp3) is 0.0365. The van der Waals surface area contributed by atoms with Gasteiger partial charge in [0.25, 0.3) is 0 Å². The van der Waals surface area contributed by atoms with Crippen LogP contribution in [0.1, 0.15) is 36.1 Å². The van der Waals surface area contributed by atoms with Crippen molar-refractivity contribution in [1.29, 1.82) is 0 Å². The number of fused-ring (bicyclic) bond motifs is 13. The third-order valence-electron chi connectivity index (χ3n) is 28.6. The van der Waals surface area contributed by atoms with Gasteiger partial charge in [-0.05, 0) is 209 Å². The molecule has 0 amide bonds. The van der Waals surface area contributed by atoms with E-state index in [4.69, 9.17) is 29.9 Å². The van der Waals surface area contributed by atoms with E-state index in [9.17, 15) is 0 Å². The van der Waals surface area contributed by atoms with E-state index >= 15 is 0 Å². The van der Waals surface area contributed by atoms with Crippen LogP contribution in [0.25, 0.3) is 245 Å². The second-order valence-corrected chi connectivity index (χ2v) is 38.1. The average Bonchev–Trinajstić information content (AvgIpc) is 1.50. The second-order valence-electron chi connectivity index (χ2n) is 38.1. The summed E-state index contributed by atoms with van der Waals surface area (Å²) in [6.07, 6.45) is 0. The Bertz CT molecular complexity index is 9090. The Hall–Kier alpha value is -18.8. The monoisotopic (exact) mass is 1850 g/mol. The highest BCUT2D eigenvalue weighted by Gasteiger charge is 2.38. The van der Waals surface area contributed by atoms with Crippen molar-refractivity contribution < 1.29 is 0 Å². The Morgan fingerprint density at radius 2 is 0.497 bits per heavy atom. The van der Waals surface area contributed by atoms with Crippen molar-refractivity contribution in [3.63, 3.8) is 0 Å². The van der Waals surface area contributed by atoms with Crippen LogP contribution in [0, 0.1) is 13.8 Å². The molecule has 27 rings (SSSR count). The van der Waals surface area contributed by atoms with Crippen molar-refractivity contribution in [1.82, 2.24) is 39.0 Å². The molecule has 5 heterocycles. The van der Waals surface area contributed by atoms with Gasteiger partial charge in [-0.3, -0.25) is 0 Å². The zero-order chi connectivity index (χ0) is 97.0. The predicted molar refractivity (Wildman–Crippen MR) is 605 cm³/mol. The third kappa shape index (κ3) is 16.6. The highest BCUT2D eigenvalue weighted by atomic mass is 15.0. The smallest absolute Gasteiger partial charge is 0.160 e. The van der Waals surface area contributed by atoms with Gasteiger partial charge < -0.3 is 9.13 Å². The minimum atomic E-state index is -0.0653. The Balaban J connectivity index is 0.000000115. The lowest BCUT2D eigenvalue weighted by Gasteiger charge is -2.23. The summed E-state index contributed by atoms with van der Waals surface area (Å²) in [5.74, 6) is 2.12. The van der Waals surface area contributed by atoms with Crippen LogP contribution >= 0.6 is 0 Å². The molecule has 145 heavy (non-hydrogen) atoms. The molecule has 21 aromatic carbocycles. The molecule has 26 aromatic rings. The third-order valence-corrected chi connectivity index (χ3v) is 28.6. The fourth-order valence-corrected chi connectivity index (χ4v) is 21.6. The molecule has 8 nitrogen and oxygen atoms in total. The molecule has 0 N–H and O–H groups in total. The largest absolute Gasteiger partial charge is 0.309 e. The van der Waals surface area contributed by atoms with Gasteiger partial charge >= 0.3 is 0 Å². The van der Waals surface area contributed by atoms with Crippen molar-refractivity contribution in [3.05, 3.63) is 532 Å². The molecule has 0 unspecified atom stereocenters. The van der Waals surface area contributed by atoms with Crippen LogP contribution < -0.4 is 0 Å². The number of rotatable bonds is 15. The number of benzene rings is 21. The summed E-state index contributed by atoms with van der Waals surface area (Å²) >= 11 is 0. The molecule has 0 bridgehead atoms. The van der Waals surface area contributed by atoms with Crippen molar-refractivity contribution in [2.24, 2.45) is 0 Å². The van der Waals surface area contributed by atoms with Gasteiger partial charge in [-0.2, -0.15) is 0 Å². The fourth-order valence-electron chi connectivity index (χ4n) is 21.6. The van der Waals surface area contributed by atoms with Crippen LogP contribution in [0.5, 0.6) is 0 Å². The highest BCUT2D eigenvalue weighted by Crippen LogP contribution is 2.55. The lowest BCUT2D eigenvalue weighted by molar-refractivity contribution is 0.661. The van der Waals surface area contributed by atoms with E-state index in [1.807, 2.05) is 60.7 Å². The van der Waals surface area contributed by atoms with E-state index in [2.05, 4.69) is 486 Å². The minimum absolute atomic E-state index is 0.0653. The SMILES string of the molecule is CC1(C)c2ccccc2-c2c1cc1ccccc1c2-c1ccc(-c2nc(-c3ccccc3)cc(-c3ccccc3)n2)cc1.Cc1ccc(-c2cc(-c3cc(-c4ccccc4)nc(-c4ccccc4)n3)cc(-c3cc4ccccc4c4ccccc34)c2)c(C)c1.c1ccc(-c2ccc(-c3cc(-c4cc(-n5c6ccccc6c6ccccc65)cc(-n5c6ccccc6c6ccccc65)c4)nc(-c4ccccc4)n3)cc2)cc1. The first-order valence-electron chi connectivity index (χ1n) is 49.6. The molecule has 0 fully saturated rings. The van der Waals surface area contributed by atoms with Crippen LogP contribution in [0.3, 0.4) is 0 Å². The summed E-state index contributed by atoms with van der Waals surface area (Å²) in [5.41, 5.74) is 38.9. The molecule has 0 radical (unpaired) electrons. The first kappa shape index (κ1) is 87.7. The number of aryl methyl sites for hydroxylation is 2. The molecule has 8 heteroatoms. The summed E-state index contributed by atoms with van der Waals surface area (Å²) < 4.78 is 4.79. The molecule has 1 aliphatic rings. The van der Waals surface area contributed by atoms with Crippen LogP contribution in [0.2, 0.25) is 0 Å². The topological polar surface area (TPSA) is 87.2 Å². The highest BCUT2D eigenvalue weighted by molar-refractivity contribution is 6.15. The summed E-state index contributed by atoms with van der Waals surface area (Å²) in [5, 5.41) is 12.4. The summed E-state index contributed by atoms with van der Waals surface area (Å²) in [4.78, 5) is 30.9. The Morgan fingerprint density at radius 1 is 0.179 bits per heavy atom. The maximum Gasteiger partial charge on any atom is 0.160 e. The summed E-state index contributed by atoms with van der Waals surface area (Å²) in [6.45, 7) is 9.05. The molecular weight excluding hydrogens is 1760 g/mol. The van der Waals surface area contributed by atoms with Crippen LogP contribution in [-0.4, -0.2) is 39.0 Å². The van der Waals surface area contributed by atoms with Crippen LogP contribution in [-0.2, 0) is 5.41 Å². The number of hydrogen-bond donors (Lipinski definition) is 0. The number of para-hydroxylation sites is 4. The molecule has 0 saturated carbocycles. The lowest BCUT2D eigenvalue weighted by atomic mass is 9.80. The van der Waals surface area contributed by atoms with Crippen molar-refractivity contribution in [2.45, 2.75) is 33.1 Å². The predicted octanol–water partition coefficient (Wildman–Crippen LogP) is 35.7. The number of nitrogens with zero attached hydrogens (tertiary/aromatic N) is 8. The van der Waals surface area contributed by atoms with Gasteiger partial charge in [-0.25, -0.2) is 29.9 Å². The first-order valence-corrected chi connectivity index (χ1v) is 49.6. The van der Waals surface area contributed by atoms with Crippen LogP contribution in [0.15, 0.2) is 510 Å². The normalized spacial score (nSPS) is 11.9. The number of aromatic nitrogens is 8. The molecule has 1 aliphatic carbocycles. The van der Waals surface area contributed by atoms with Gasteiger partial charge in [-0.15, -0.1) is 0 Å². The maximum atomic E-state index is 5.33. The summed E-state index contributed by atoms with van der Waals surface area (Å²) in [7, 11) is 0. The van der Waals surface area contributed by atoms with E-state index in [0.717, 1.165) is 129 Å².